The van der Waals surface area contributed by atoms with Crippen LogP contribution in [0.2, 0.25) is 0 Å². The van der Waals surface area contributed by atoms with Crippen molar-refractivity contribution in [3.63, 3.8) is 0 Å². The Kier molecular flexibility index (Phi) is 7.36. The van der Waals surface area contributed by atoms with Gasteiger partial charge >= 0.3 is 0 Å². The van der Waals surface area contributed by atoms with Crippen LogP contribution in [0.3, 0.4) is 0 Å². The van der Waals surface area contributed by atoms with E-state index in [2.05, 4.69) is 21.6 Å². The summed E-state index contributed by atoms with van der Waals surface area (Å²) in [6.45, 7) is 6.23. The van der Waals surface area contributed by atoms with Gasteiger partial charge in [0.05, 0.1) is 12.7 Å². The lowest BCUT2D eigenvalue weighted by molar-refractivity contribution is -0.114. The zero-order valence-corrected chi connectivity index (χ0v) is 21.0. The topological polar surface area (TPSA) is 83.0 Å². The third-order valence-electron chi connectivity index (χ3n) is 6.07. The summed E-state index contributed by atoms with van der Waals surface area (Å²) in [6, 6.07) is 9.87. The predicted molar refractivity (Wildman–Crippen MR) is 140 cm³/mol. The van der Waals surface area contributed by atoms with Crippen molar-refractivity contribution >= 4 is 39.8 Å². The Hall–Kier alpha value is -3.13. The van der Waals surface area contributed by atoms with Crippen LogP contribution in [-0.4, -0.2) is 38.6 Å². The number of carbonyl (C=O) groups excluding carboxylic acids is 1. The van der Waals surface area contributed by atoms with Crippen molar-refractivity contribution in [1.29, 1.82) is 5.41 Å². The van der Waals surface area contributed by atoms with Gasteiger partial charge in [-0.15, -0.1) is 0 Å². The van der Waals surface area contributed by atoms with Crippen molar-refractivity contribution in [3.05, 3.63) is 52.9 Å². The van der Waals surface area contributed by atoms with Crippen LogP contribution in [0, 0.1) is 19.3 Å². The van der Waals surface area contributed by atoms with Crippen LogP contribution in [0.25, 0.3) is 11.8 Å². The van der Waals surface area contributed by atoms with Gasteiger partial charge in [-0.1, -0.05) is 38.7 Å². The van der Waals surface area contributed by atoms with Gasteiger partial charge in [0, 0.05) is 23.1 Å². The summed E-state index contributed by atoms with van der Waals surface area (Å²) >= 11 is 1.41. The van der Waals surface area contributed by atoms with Crippen molar-refractivity contribution in [2.45, 2.75) is 59.3 Å². The second kappa shape index (κ2) is 10.4. The van der Waals surface area contributed by atoms with Crippen molar-refractivity contribution in [2.75, 3.05) is 7.11 Å². The molecule has 1 amide bonds. The van der Waals surface area contributed by atoms with Crippen LogP contribution in [0.1, 0.15) is 62.4 Å². The highest BCUT2D eigenvalue weighted by Gasteiger charge is 2.35. The Bertz CT molecular complexity index is 1210. The largest absolute Gasteiger partial charge is 0.497 e. The lowest BCUT2D eigenvalue weighted by atomic mass is 10.1. The smallest absolute Gasteiger partial charge is 0.283 e. The molecule has 178 valence electrons. The monoisotopic (exact) mass is 477 g/mol. The molecule has 34 heavy (non-hydrogen) atoms. The maximum absolute atomic E-state index is 12.8. The molecule has 3 heterocycles. The number of methoxy groups -OCH3 is 1. The third kappa shape index (κ3) is 4.87. The number of hydrogen-bond donors (Lipinski definition) is 1. The SMILES string of the molecule is CCCCCCCC1=NN2C(=N)C(=Cc3cc(C)n(-c4cccc(OC)c4)c3C)C(=O)N=C2S1. The number of nitrogens with one attached hydrogen (secondary N) is 1. The van der Waals surface area contributed by atoms with E-state index in [1.54, 1.807) is 13.2 Å². The molecule has 0 saturated heterocycles. The minimum absolute atomic E-state index is 0.0784. The average molecular weight is 478 g/mol. The van der Waals surface area contributed by atoms with Crippen LogP contribution in [-0.2, 0) is 4.79 Å². The second-order valence-electron chi connectivity index (χ2n) is 8.54. The summed E-state index contributed by atoms with van der Waals surface area (Å²) in [5.41, 5.74) is 4.10. The van der Waals surface area contributed by atoms with Gasteiger partial charge in [0.2, 0.25) is 5.17 Å². The van der Waals surface area contributed by atoms with E-state index in [9.17, 15) is 4.79 Å². The molecule has 7 nitrogen and oxygen atoms in total. The number of fused-ring (bicyclic) bond motifs is 1. The van der Waals surface area contributed by atoms with Crippen molar-refractivity contribution in [2.24, 2.45) is 10.1 Å². The highest BCUT2D eigenvalue weighted by Crippen LogP contribution is 2.31. The zero-order chi connectivity index (χ0) is 24.2. The molecule has 1 aromatic carbocycles. The number of hydrogen-bond acceptors (Lipinski definition) is 5. The number of nitrogens with zero attached hydrogens (tertiary/aromatic N) is 4. The molecule has 0 fully saturated rings. The standard InChI is InChI=1S/C26H31N5O2S/c1-5-6-7-8-9-13-23-29-31-24(27)22(25(32)28-26(31)34-23)15-19-14-17(2)30(18(19)3)20-11-10-12-21(16-20)33-4/h10-12,14-16,27H,5-9,13H2,1-4H3. The van der Waals surface area contributed by atoms with E-state index in [0.717, 1.165) is 46.3 Å². The summed E-state index contributed by atoms with van der Waals surface area (Å²) < 4.78 is 7.48. The van der Waals surface area contributed by atoms with Gasteiger partial charge in [0.25, 0.3) is 5.91 Å². The molecule has 1 N–H and O–H groups in total. The molecule has 0 unspecified atom stereocenters. The van der Waals surface area contributed by atoms with E-state index in [4.69, 9.17) is 10.1 Å². The number of amides is 1. The van der Waals surface area contributed by atoms with E-state index in [1.807, 2.05) is 44.2 Å². The summed E-state index contributed by atoms with van der Waals surface area (Å²) in [6.07, 6.45) is 8.55. The Morgan fingerprint density at radius 1 is 1.15 bits per heavy atom. The van der Waals surface area contributed by atoms with Crippen LogP contribution in [0.15, 0.2) is 46.0 Å². The molecule has 0 spiro atoms. The van der Waals surface area contributed by atoms with E-state index in [-0.39, 0.29) is 11.4 Å². The first-order valence-corrected chi connectivity index (χ1v) is 12.6. The molecule has 8 heteroatoms. The van der Waals surface area contributed by atoms with E-state index >= 15 is 0 Å². The minimum atomic E-state index is -0.394. The van der Waals surface area contributed by atoms with Gasteiger partial charge < -0.3 is 9.30 Å². The van der Waals surface area contributed by atoms with Crippen LogP contribution >= 0.6 is 11.8 Å². The Labute approximate surface area is 205 Å². The van der Waals surface area contributed by atoms with Crippen LogP contribution in [0.5, 0.6) is 5.75 Å². The molecule has 4 rings (SSSR count). The Morgan fingerprint density at radius 3 is 2.71 bits per heavy atom. The van der Waals surface area contributed by atoms with Gasteiger partial charge in [-0.2, -0.15) is 15.1 Å². The number of unbranched alkanes of at least 4 members (excludes halogenated alkanes) is 4. The molecular weight excluding hydrogens is 446 g/mol. The molecule has 0 aliphatic carbocycles. The van der Waals surface area contributed by atoms with Gasteiger partial charge in [0.1, 0.15) is 10.8 Å². The summed E-state index contributed by atoms with van der Waals surface area (Å²) in [4.78, 5) is 17.1. The predicted octanol–water partition coefficient (Wildman–Crippen LogP) is 6.08. The molecule has 0 saturated carbocycles. The highest BCUT2D eigenvalue weighted by molar-refractivity contribution is 8.26. The molecule has 0 bridgehead atoms. The Balaban J connectivity index is 1.57. The molecule has 2 aliphatic rings. The third-order valence-corrected chi connectivity index (χ3v) is 7.04. The number of benzene rings is 1. The number of aromatic nitrogens is 1. The number of aryl methyl sites for hydroxylation is 1. The van der Waals surface area contributed by atoms with Gasteiger partial charge in [-0.3, -0.25) is 10.2 Å². The van der Waals surface area contributed by atoms with Gasteiger partial charge in [-0.25, -0.2) is 0 Å². The van der Waals surface area contributed by atoms with Gasteiger partial charge in [-0.05, 0) is 68.3 Å². The highest BCUT2D eigenvalue weighted by atomic mass is 32.2. The fourth-order valence-corrected chi connectivity index (χ4v) is 5.18. The average Bonchev–Trinajstić information content (AvgIpc) is 3.36. The maximum Gasteiger partial charge on any atom is 0.283 e. The Morgan fingerprint density at radius 2 is 1.94 bits per heavy atom. The normalized spacial score (nSPS) is 16.7. The van der Waals surface area contributed by atoms with Crippen molar-refractivity contribution in [3.8, 4) is 11.4 Å². The number of rotatable bonds is 9. The van der Waals surface area contributed by atoms with E-state index in [1.165, 1.54) is 42.5 Å². The lowest BCUT2D eigenvalue weighted by Gasteiger charge is -2.20. The summed E-state index contributed by atoms with van der Waals surface area (Å²) in [7, 11) is 1.65. The molecule has 1 aromatic heterocycles. The zero-order valence-electron chi connectivity index (χ0n) is 20.2. The number of hydrazone groups is 1. The first-order chi connectivity index (χ1) is 16.4. The van der Waals surface area contributed by atoms with Gasteiger partial charge in [0.15, 0.2) is 5.84 Å². The molecule has 2 aliphatic heterocycles. The van der Waals surface area contributed by atoms with Crippen LogP contribution < -0.4 is 4.74 Å². The molecule has 2 aromatic rings. The molecule has 0 radical (unpaired) electrons. The number of amidine groups is 2. The quantitative estimate of drug-likeness (QED) is 0.350. The van der Waals surface area contributed by atoms with Crippen molar-refractivity contribution in [1.82, 2.24) is 9.58 Å². The first kappa shape index (κ1) is 24.0. The number of aliphatic imine (C=N–C) groups is 1. The second-order valence-corrected chi connectivity index (χ2v) is 9.58. The van der Waals surface area contributed by atoms with Crippen molar-refractivity contribution < 1.29 is 9.53 Å². The summed E-state index contributed by atoms with van der Waals surface area (Å²) in [5, 5.41) is 16.2. The number of ether oxygens (including phenoxy) is 1. The summed E-state index contributed by atoms with van der Waals surface area (Å²) in [5.74, 6) is 0.463. The maximum atomic E-state index is 12.8. The fraction of sp³-hybridized carbons (Fsp3) is 0.385. The number of carbonyl (C=O) groups is 1. The number of thioether (sulfide) groups is 1. The fourth-order valence-electron chi connectivity index (χ4n) is 4.25. The minimum Gasteiger partial charge on any atom is -0.497 e. The van der Waals surface area contributed by atoms with Crippen LogP contribution in [0.4, 0.5) is 0 Å². The molecular formula is C26H31N5O2S. The molecule has 0 atom stereocenters. The van der Waals surface area contributed by atoms with E-state index in [0.29, 0.717) is 5.17 Å². The first-order valence-electron chi connectivity index (χ1n) is 11.8. The lowest BCUT2D eigenvalue weighted by Crippen LogP contribution is -2.35. The van der Waals surface area contributed by atoms with E-state index < -0.39 is 5.91 Å².